The molecule has 0 nitrogen and oxygen atoms in total. The highest BCUT2D eigenvalue weighted by molar-refractivity contribution is 5.48. The van der Waals surface area contributed by atoms with Gasteiger partial charge in [0.1, 0.15) is 0 Å². The smallest absolute Gasteiger partial charge is 0.0352 e. The lowest BCUT2D eigenvalue weighted by atomic mass is 9.71. The maximum atomic E-state index is 8.83. The van der Waals surface area contributed by atoms with Gasteiger partial charge in [-0.15, -0.1) is 0 Å². The van der Waals surface area contributed by atoms with E-state index < -0.39 is 98.8 Å². The molecule has 9 rings (SSSR count). The Morgan fingerprint density at radius 2 is 0.496 bits per heavy atom. The maximum absolute atomic E-state index is 8.83. The molecule has 696 valence electrons. The van der Waals surface area contributed by atoms with Gasteiger partial charge in [0.2, 0.25) is 0 Å². The van der Waals surface area contributed by atoms with Gasteiger partial charge in [-0.05, 0) is 284 Å². The minimum Gasteiger partial charge on any atom is -0.0648 e. The Labute approximate surface area is 813 Å². The van der Waals surface area contributed by atoms with Crippen LogP contribution in [0, 0.1) is 53.4 Å². The first-order valence-electron chi connectivity index (χ1n) is 58.2. The molecule has 0 radical (unpaired) electrons. The molecule has 125 heavy (non-hydrogen) atoms. The predicted octanol–water partition coefficient (Wildman–Crippen LogP) is 39.0. The second kappa shape index (κ2) is 49.1. The van der Waals surface area contributed by atoms with Crippen LogP contribution in [0.15, 0.2) is 188 Å². The monoisotopic (exact) mass is 1720 g/mol. The van der Waals surface area contributed by atoms with Crippen molar-refractivity contribution in [2.24, 2.45) is 11.8 Å². The van der Waals surface area contributed by atoms with Crippen LogP contribution >= 0.6 is 0 Å². The fraction of sp³-hybridized carbons (Fsp3) is 0.568. The van der Waals surface area contributed by atoms with E-state index >= 15 is 0 Å². The highest BCUT2D eigenvalue weighted by Gasteiger charge is 2.31. The third-order valence-corrected chi connectivity index (χ3v) is 22.0. The topological polar surface area (TPSA) is 0 Å². The second-order valence-corrected chi connectivity index (χ2v) is 45.5. The Kier molecular flexibility index (Phi) is 31.0. The van der Waals surface area contributed by atoms with Crippen LogP contribution in [-0.2, 0) is 60.5 Å². The van der Waals surface area contributed by atoms with Crippen LogP contribution in [-0.4, -0.2) is 0 Å². The molecule has 0 heteroatoms. The average molecular weight is 1720 g/mol. The molecule has 0 N–H and O–H groups in total. The van der Waals surface area contributed by atoms with Crippen molar-refractivity contribution in [3.63, 3.8) is 0 Å². The van der Waals surface area contributed by atoms with Gasteiger partial charge in [0, 0.05) is 34.3 Å². The average Bonchev–Trinajstić information content (AvgIpc) is 0.701. The van der Waals surface area contributed by atoms with Crippen LogP contribution < -0.4 is 0 Å². The summed E-state index contributed by atoms with van der Waals surface area (Å²) in [5.74, 6) is -10.3. The molecular formula is C125H196. The summed E-state index contributed by atoms with van der Waals surface area (Å²) in [5, 5.41) is 0. The molecule has 9 aromatic carbocycles. The fourth-order valence-corrected chi connectivity index (χ4v) is 16.5. The van der Waals surface area contributed by atoms with Crippen LogP contribution in [0.2, 0.25) is 0 Å². The highest BCUT2D eigenvalue weighted by Crippen LogP contribution is 2.43. The van der Waals surface area contributed by atoms with Crippen LogP contribution in [0.4, 0.5) is 0 Å². The molecule has 0 aromatic heterocycles. The minimum absolute atomic E-state index is 0.0486. The summed E-state index contributed by atoms with van der Waals surface area (Å²) in [6.07, 6.45) is -4.01. The molecule has 9 aromatic rings. The lowest BCUT2D eigenvalue weighted by Gasteiger charge is -2.33. The normalized spacial score (nSPS) is 17.2. The van der Waals surface area contributed by atoms with Gasteiger partial charge >= 0.3 is 0 Å². The van der Waals surface area contributed by atoms with E-state index in [-0.39, 0.29) is 71.8 Å². The number of rotatable bonds is 10. The molecular weight excluding hydrogens is 1500 g/mol. The summed E-state index contributed by atoms with van der Waals surface area (Å²) < 4.78 is 200. The predicted molar refractivity (Wildman–Crippen MR) is 570 cm³/mol. The van der Waals surface area contributed by atoms with E-state index in [2.05, 4.69) is 343 Å². The molecule has 0 aliphatic heterocycles. The SMILES string of the molecule is Cc1cccc(C)c1C(C)(C)C.Cc1cccc(C)c1C(C)(C)C.Cc1ccccc1C(C)(C)C.Cc1ccccc1C(C)(C)C.[2H]C(C)(C)c1cccc(C(C)(C)C)c1C(C)(C)C.[2H]C(C)(C)c1ccccc1C(C)(C)C.[2H]C([2H])([2H])C([2H])(c1cccc(C([2H])(C([2H])([2H])[2H])C([2H])([2H])C)c1C(C)(C)C)C([2H])([2H])[2H].[2H]C([2H])([2H])C([2H])(c1ccccc1C(C)(C)C)C([2H])([2H])[2H].[2H]C([2H])(c1cccc(C([2H])(C)C(C)C)c1C(C)(C)C)C(C)C. The van der Waals surface area contributed by atoms with Crippen molar-refractivity contribution in [1.82, 2.24) is 0 Å². The first-order valence-corrected chi connectivity index (χ1v) is 45.7. The van der Waals surface area contributed by atoms with E-state index in [0.29, 0.717) is 5.56 Å². The van der Waals surface area contributed by atoms with Crippen molar-refractivity contribution < 1.29 is 34.3 Å². The molecule has 0 amide bonds. The second-order valence-electron chi connectivity index (χ2n) is 45.5. The van der Waals surface area contributed by atoms with E-state index in [1.54, 1.807) is 39.0 Å². The number of hydrogen-bond donors (Lipinski definition) is 0. The van der Waals surface area contributed by atoms with Gasteiger partial charge in [0.15, 0.2) is 0 Å². The standard InChI is InChI=1S/C19H32.2C17H28.2C13H20.2C12H18.2C11H16/c1-13(2)12-16-10-9-11-17(15(5)14(3)4)18(16)19(6,7)8;1-12(2)13-10-9-11-14(16(3,4)5)15(13)17(6,7)8;1-8-13(4)15-11-9-10-14(12(2)3)16(15)17(5,6)7;2*1-10(2)11-8-6-7-9-12(11)13(3,4)5;2*1-9-7-6-8-10(2)11(9)12(3,4)5;2*1-9-7-5-6-8-10(9)11(2,3)4/h9-11,13-15H,12H2,1-8H3;9-12H,1-8H3;9-13H,8H2,1-7H3;2*6-10H,1-5H3;2*6-8H,1-5H3;2*5-8H,1-4H3/i12D2,15D;12D;2D3,3D3,4D3,8D2,12D,13D;1D3,2D3,10D;10D;;;;. The van der Waals surface area contributed by atoms with Gasteiger partial charge < -0.3 is 0 Å². The molecule has 0 bridgehead atoms. The number of benzene rings is 9. The first-order chi connectivity index (χ1) is 66.3. The summed E-state index contributed by atoms with van der Waals surface area (Å²) >= 11 is 0. The van der Waals surface area contributed by atoms with Gasteiger partial charge in [0.25, 0.3) is 0 Å². The van der Waals surface area contributed by atoms with Crippen molar-refractivity contribution in [3.05, 3.63) is 316 Å². The fourth-order valence-electron chi connectivity index (χ4n) is 16.5. The van der Waals surface area contributed by atoms with Crippen molar-refractivity contribution in [1.29, 1.82) is 0 Å². The molecule has 2 atom stereocenters. The van der Waals surface area contributed by atoms with Crippen LogP contribution in [0.25, 0.3) is 0 Å². The van der Waals surface area contributed by atoms with Crippen LogP contribution in [0.1, 0.15) is 515 Å². The molecule has 0 heterocycles. The Morgan fingerprint density at radius 3 is 0.768 bits per heavy atom. The Bertz CT molecular complexity index is 5410. The third kappa shape index (κ3) is 38.3. The Morgan fingerprint density at radius 1 is 0.240 bits per heavy atom. The summed E-state index contributed by atoms with van der Waals surface area (Å²) in [6.45, 7) is 79.8. The highest BCUT2D eigenvalue weighted by atomic mass is 14.4. The maximum Gasteiger partial charge on any atom is 0.0352 e. The van der Waals surface area contributed by atoms with Gasteiger partial charge in [-0.2, -0.15) is 0 Å². The van der Waals surface area contributed by atoms with Crippen molar-refractivity contribution in [3.8, 4) is 0 Å². The Balaban J connectivity index is 0.000000860. The summed E-state index contributed by atoms with van der Waals surface area (Å²) in [6, 6.07) is 60.6. The van der Waals surface area contributed by atoms with Gasteiger partial charge in [-0.25, -0.2) is 0 Å². The number of hydrogen-bond acceptors (Lipinski definition) is 0. The molecule has 2 unspecified atom stereocenters. The Hall–Kier alpha value is -7.02. The molecule has 0 saturated heterocycles. The van der Waals surface area contributed by atoms with Gasteiger partial charge in [-0.1, -0.05) is 499 Å². The van der Waals surface area contributed by atoms with E-state index in [4.69, 9.17) is 34.3 Å². The minimum atomic E-state index is -3.31. The summed E-state index contributed by atoms with van der Waals surface area (Å²) in [7, 11) is 0. The molecule has 0 aliphatic rings. The van der Waals surface area contributed by atoms with Crippen molar-refractivity contribution in [2.75, 3.05) is 0 Å². The van der Waals surface area contributed by atoms with E-state index in [1.807, 2.05) is 93.5 Å². The summed E-state index contributed by atoms with van der Waals surface area (Å²) in [5.41, 5.74) is 22.6. The van der Waals surface area contributed by atoms with E-state index in [0.717, 1.165) is 40.8 Å². The molecule has 0 fully saturated rings. The zero-order valence-electron chi connectivity index (χ0n) is 113. The third-order valence-electron chi connectivity index (χ3n) is 22.0. The van der Waals surface area contributed by atoms with Crippen LogP contribution in [0.3, 0.4) is 0 Å². The van der Waals surface area contributed by atoms with Crippen LogP contribution in [0.5, 0.6) is 0 Å². The quantitative estimate of drug-likeness (QED) is 0.128. The molecule has 0 spiro atoms. The number of aryl methyl sites for hydroxylation is 6. The molecule has 0 aliphatic carbocycles. The summed E-state index contributed by atoms with van der Waals surface area (Å²) in [4.78, 5) is 0. The molecule has 0 saturated carbocycles. The van der Waals surface area contributed by atoms with E-state index in [9.17, 15) is 0 Å². The zero-order chi connectivity index (χ0) is 119. The van der Waals surface area contributed by atoms with Crippen molar-refractivity contribution in [2.45, 2.75) is 455 Å². The lowest BCUT2D eigenvalue weighted by molar-refractivity contribution is 0.503. The lowest BCUT2D eigenvalue weighted by Crippen LogP contribution is -2.24. The first kappa shape index (κ1) is 79.0. The van der Waals surface area contributed by atoms with Gasteiger partial charge in [0.05, 0.1) is 0 Å². The van der Waals surface area contributed by atoms with Crippen molar-refractivity contribution >= 4 is 0 Å². The largest absolute Gasteiger partial charge is 0.0648 e. The zero-order valence-corrected chi connectivity index (χ0v) is 88.1. The van der Waals surface area contributed by atoms with E-state index in [1.165, 1.54) is 90.5 Å². The van der Waals surface area contributed by atoms with Gasteiger partial charge in [-0.3, -0.25) is 0 Å².